The van der Waals surface area contributed by atoms with Crippen LogP contribution in [0.5, 0.6) is 0 Å². The largest absolute Gasteiger partial charge is 0.462 e. The molecule has 0 aromatic rings. The highest BCUT2D eigenvalue weighted by molar-refractivity contribution is 5.71. The first-order valence-electron chi connectivity index (χ1n) is 31.1. The quantitative estimate of drug-likeness (QED) is 0.0261. The Balaban J connectivity index is 4.33. The molecule has 0 aliphatic heterocycles. The Kier molecular flexibility index (Phi) is 58.3. The van der Waals surface area contributed by atoms with E-state index in [1.165, 1.54) is 154 Å². The lowest BCUT2D eigenvalue weighted by molar-refractivity contribution is -0.167. The molecule has 0 aromatic heterocycles. The van der Waals surface area contributed by atoms with E-state index >= 15 is 0 Å². The van der Waals surface area contributed by atoms with Crippen molar-refractivity contribution in [2.24, 2.45) is 0 Å². The maximum atomic E-state index is 12.9. The van der Waals surface area contributed by atoms with Crippen molar-refractivity contribution in [2.75, 3.05) is 13.2 Å². The first-order chi connectivity index (χ1) is 36.0. The van der Waals surface area contributed by atoms with E-state index in [4.69, 9.17) is 14.2 Å². The Morgan fingerprint density at radius 3 is 0.836 bits per heavy atom. The number of ether oxygens (including phenoxy) is 3. The molecule has 0 aliphatic carbocycles. The minimum atomic E-state index is -0.784. The van der Waals surface area contributed by atoms with Crippen LogP contribution in [0, 0.1) is 0 Å². The van der Waals surface area contributed by atoms with Crippen molar-refractivity contribution in [3.05, 3.63) is 85.1 Å². The molecule has 420 valence electrons. The van der Waals surface area contributed by atoms with Crippen molar-refractivity contribution in [1.29, 1.82) is 0 Å². The summed E-state index contributed by atoms with van der Waals surface area (Å²) in [7, 11) is 0. The second-order valence-corrected chi connectivity index (χ2v) is 20.6. The zero-order chi connectivity index (χ0) is 52.9. The fourth-order valence-electron chi connectivity index (χ4n) is 8.74. The summed E-state index contributed by atoms with van der Waals surface area (Å²) >= 11 is 0. The smallest absolute Gasteiger partial charge is 0.306 e. The molecule has 0 saturated carbocycles. The molecule has 6 nitrogen and oxygen atoms in total. The van der Waals surface area contributed by atoms with E-state index in [2.05, 4.69) is 106 Å². The Morgan fingerprint density at radius 1 is 0.288 bits per heavy atom. The van der Waals surface area contributed by atoms with Crippen molar-refractivity contribution in [1.82, 2.24) is 0 Å². The molecule has 0 fully saturated rings. The number of allylic oxidation sites excluding steroid dienone is 14. The SMILES string of the molecule is CC/C=C\C/C=C\C/C=C\C/C=C\CCCCCCCCCCC(=O)OC(COC(=O)CCCCCCCCCC/C=C\C/C=C\C/C=C\CCCCCCC)COC(=O)CCCCCCCCCCCCC. The van der Waals surface area contributed by atoms with Gasteiger partial charge in [-0.05, 0) is 96.3 Å². The van der Waals surface area contributed by atoms with E-state index in [9.17, 15) is 14.4 Å². The van der Waals surface area contributed by atoms with E-state index < -0.39 is 6.10 Å². The Morgan fingerprint density at radius 2 is 0.534 bits per heavy atom. The van der Waals surface area contributed by atoms with Crippen LogP contribution < -0.4 is 0 Å². The van der Waals surface area contributed by atoms with Crippen molar-refractivity contribution >= 4 is 17.9 Å². The third kappa shape index (κ3) is 59.3. The van der Waals surface area contributed by atoms with Crippen molar-refractivity contribution in [3.63, 3.8) is 0 Å². The van der Waals surface area contributed by atoms with Gasteiger partial charge in [0.05, 0.1) is 0 Å². The molecule has 0 radical (unpaired) electrons. The minimum absolute atomic E-state index is 0.0801. The van der Waals surface area contributed by atoms with Gasteiger partial charge >= 0.3 is 17.9 Å². The Hall–Kier alpha value is -3.41. The van der Waals surface area contributed by atoms with E-state index in [1.807, 2.05) is 0 Å². The van der Waals surface area contributed by atoms with Gasteiger partial charge in [0, 0.05) is 19.3 Å². The van der Waals surface area contributed by atoms with Crippen LogP contribution in [0.4, 0.5) is 0 Å². The monoisotopic (exact) mass is 1020 g/mol. The number of hydrogen-bond acceptors (Lipinski definition) is 6. The van der Waals surface area contributed by atoms with E-state index in [-0.39, 0.29) is 31.1 Å². The summed E-state index contributed by atoms with van der Waals surface area (Å²) in [6.07, 6.45) is 80.1. The van der Waals surface area contributed by atoms with Crippen molar-refractivity contribution < 1.29 is 28.6 Å². The highest BCUT2D eigenvalue weighted by Gasteiger charge is 2.19. The van der Waals surface area contributed by atoms with Crippen LogP contribution in [0.15, 0.2) is 85.1 Å². The molecule has 0 N–H and O–H groups in total. The fraction of sp³-hybridized carbons (Fsp3) is 0.746. The molecule has 6 heteroatoms. The van der Waals surface area contributed by atoms with Gasteiger partial charge in [0.25, 0.3) is 0 Å². The van der Waals surface area contributed by atoms with Crippen LogP contribution in [0.1, 0.15) is 303 Å². The third-order valence-electron chi connectivity index (χ3n) is 13.4. The third-order valence-corrected chi connectivity index (χ3v) is 13.4. The van der Waals surface area contributed by atoms with Crippen LogP contribution in [-0.2, 0) is 28.6 Å². The van der Waals surface area contributed by atoms with Gasteiger partial charge in [-0.1, -0.05) is 273 Å². The molecule has 1 atom stereocenters. The number of carbonyl (C=O) groups excluding carboxylic acids is 3. The molecule has 73 heavy (non-hydrogen) atoms. The van der Waals surface area contributed by atoms with Gasteiger partial charge in [0.1, 0.15) is 13.2 Å². The Bertz CT molecular complexity index is 1400. The number of esters is 3. The zero-order valence-electron chi connectivity index (χ0n) is 48.1. The number of unbranched alkanes of at least 4 members (excludes halogenated alkanes) is 31. The minimum Gasteiger partial charge on any atom is -0.462 e. The van der Waals surface area contributed by atoms with E-state index in [0.717, 1.165) is 109 Å². The molecule has 0 rings (SSSR count). The average molecular weight is 1020 g/mol. The van der Waals surface area contributed by atoms with Crippen LogP contribution in [0.2, 0.25) is 0 Å². The Labute approximate surface area is 452 Å². The molecule has 0 amide bonds. The second kappa shape index (κ2) is 61.1. The molecule has 0 aliphatic rings. The van der Waals surface area contributed by atoms with Crippen LogP contribution in [-0.4, -0.2) is 37.2 Å². The van der Waals surface area contributed by atoms with Crippen molar-refractivity contribution in [2.45, 2.75) is 309 Å². The van der Waals surface area contributed by atoms with Crippen LogP contribution in [0.25, 0.3) is 0 Å². The summed E-state index contributed by atoms with van der Waals surface area (Å²) in [5.74, 6) is -0.886. The van der Waals surface area contributed by atoms with Gasteiger partial charge in [0.2, 0.25) is 0 Å². The fourth-order valence-corrected chi connectivity index (χ4v) is 8.74. The zero-order valence-corrected chi connectivity index (χ0v) is 48.1. The molecule has 0 spiro atoms. The predicted octanol–water partition coefficient (Wildman–Crippen LogP) is 21.1. The molecule has 0 heterocycles. The second-order valence-electron chi connectivity index (χ2n) is 20.6. The maximum Gasteiger partial charge on any atom is 0.306 e. The topological polar surface area (TPSA) is 78.9 Å². The first-order valence-corrected chi connectivity index (χ1v) is 31.1. The summed E-state index contributed by atoms with van der Waals surface area (Å²) in [6.45, 7) is 6.52. The molecular weight excluding hydrogens is 901 g/mol. The number of hydrogen-bond donors (Lipinski definition) is 0. The number of carbonyl (C=O) groups is 3. The van der Waals surface area contributed by atoms with Crippen molar-refractivity contribution in [3.8, 4) is 0 Å². The summed E-state index contributed by atoms with van der Waals surface area (Å²) in [4.78, 5) is 38.2. The maximum absolute atomic E-state index is 12.9. The van der Waals surface area contributed by atoms with E-state index in [0.29, 0.717) is 19.3 Å². The molecular formula is C67H116O6. The van der Waals surface area contributed by atoms with Gasteiger partial charge in [0.15, 0.2) is 6.10 Å². The summed E-state index contributed by atoms with van der Waals surface area (Å²) in [5.41, 5.74) is 0. The van der Waals surface area contributed by atoms with Gasteiger partial charge in [-0.25, -0.2) is 0 Å². The lowest BCUT2D eigenvalue weighted by Crippen LogP contribution is -2.30. The van der Waals surface area contributed by atoms with Gasteiger partial charge in [-0.15, -0.1) is 0 Å². The highest BCUT2D eigenvalue weighted by atomic mass is 16.6. The lowest BCUT2D eigenvalue weighted by atomic mass is 10.1. The van der Waals surface area contributed by atoms with Gasteiger partial charge < -0.3 is 14.2 Å². The molecule has 0 saturated heterocycles. The summed E-state index contributed by atoms with van der Waals surface area (Å²) in [6, 6.07) is 0. The highest BCUT2D eigenvalue weighted by Crippen LogP contribution is 2.16. The summed E-state index contributed by atoms with van der Waals surface area (Å²) < 4.78 is 16.9. The predicted molar refractivity (Wildman–Crippen MR) is 316 cm³/mol. The first kappa shape index (κ1) is 69.6. The molecule has 0 aromatic carbocycles. The van der Waals surface area contributed by atoms with Crippen LogP contribution in [0.3, 0.4) is 0 Å². The normalized spacial score (nSPS) is 12.6. The molecule has 0 bridgehead atoms. The van der Waals surface area contributed by atoms with Gasteiger partial charge in [-0.2, -0.15) is 0 Å². The molecule has 1 unspecified atom stereocenters. The van der Waals surface area contributed by atoms with Gasteiger partial charge in [-0.3, -0.25) is 14.4 Å². The van der Waals surface area contributed by atoms with Crippen LogP contribution >= 0.6 is 0 Å². The average Bonchev–Trinajstić information content (AvgIpc) is 3.39. The lowest BCUT2D eigenvalue weighted by Gasteiger charge is -2.18. The summed E-state index contributed by atoms with van der Waals surface area (Å²) in [5, 5.41) is 0. The van der Waals surface area contributed by atoms with E-state index in [1.54, 1.807) is 0 Å². The number of rotatable bonds is 56. The standard InChI is InChI=1S/C67H116O6/c1-4-7-10-13-16-19-22-24-26-28-30-32-33-35-36-38-40-42-45-48-51-54-57-60-66(69)72-63-64(62-71-65(68)59-56-53-50-47-44-21-18-15-12-9-6-3)73-67(70)61-58-55-52-49-46-43-41-39-37-34-31-29-27-25-23-20-17-14-11-8-5-2/h8,11,17,20,22,24-25,27-28,30-31,33-35,64H,4-7,9-10,12-16,18-19,21,23,26,29,32,36-63H2,1-3H3/b11-8-,20-17-,24-22-,27-25-,30-28-,34-31-,35-33-.